The van der Waals surface area contributed by atoms with Crippen LogP contribution in [0.2, 0.25) is 0 Å². The van der Waals surface area contributed by atoms with Crippen LogP contribution in [-0.4, -0.2) is 42.0 Å². The van der Waals surface area contributed by atoms with E-state index in [-0.39, 0.29) is 36.0 Å². The van der Waals surface area contributed by atoms with Crippen molar-refractivity contribution in [3.8, 4) is 0 Å². The van der Waals surface area contributed by atoms with E-state index < -0.39 is 5.97 Å². The molecular formula is C4H5NaO3. The molecule has 0 fully saturated rings. The second kappa shape index (κ2) is 6.88. The van der Waals surface area contributed by atoms with Crippen LogP contribution in [0.15, 0.2) is 12.7 Å². The number of rotatable bonds is 2. The minimum atomic E-state index is -0.727. The molecule has 0 amide bonds. The fourth-order valence-corrected chi connectivity index (χ4v) is 0.0955. The molecular weight excluding hydrogens is 119 g/mol. The van der Waals surface area contributed by atoms with E-state index in [0.29, 0.717) is 0 Å². The van der Waals surface area contributed by atoms with Gasteiger partial charge in [0, 0.05) is 6.08 Å². The Hall–Kier alpha value is -0.120. The topological polar surface area (TPSA) is 43.4 Å². The van der Waals surface area contributed by atoms with E-state index >= 15 is 0 Å². The third-order valence-electron chi connectivity index (χ3n) is 0.331. The van der Waals surface area contributed by atoms with E-state index in [1.54, 1.807) is 0 Å². The Labute approximate surface area is 69.0 Å². The fraction of sp³-hybridized carbons (Fsp3) is 0. The second-order valence-electron chi connectivity index (χ2n) is 0.737. The molecule has 0 unspecified atom stereocenters. The summed E-state index contributed by atoms with van der Waals surface area (Å²) in [7, 11) is 0. The van der Waals surface area contributed by atoms with Gasteiger partial charge in [0.25, 0.3) is 0 Å². The van der Waals surface area contributed by atoms with Gasteiger partial charge in [-0.25, -0.2) is 4.79 Å². The molecule has 0 atom stereocenters. The van der Waals surface area contributed by atoms with Crippen molar-refractivity contribution in [3.05, 3.63) is 12.7 Å². The molecule has 0 rings (SSSR count). The summed E-state index contributed by atoms with van der Waals surface area (Å²) in [5.41, 5.74) is 0. The van der Waals surface area contributed by atoms with Crippen molar-refractivity contribution in [1.29, 1.82) is 0 Å². The van der Waals surface area contributed by atoms with Crippen molar-refractivity contribution in [1.82, 2.24) is 0 Å². The Kier molecular flexibility index (Phi) is 9.28. The van der Waals surface area contributed by atoms with Crippen molar-refractivity contribution >= 4 is 42.0 Å². The van der Waals surface area contributed by atoms with E-state index in [1.807, 2.05) is 0 Å². The van der Waals surface area contributed by atoms with Crippen molar-refractivity contribution in [2.75, 3.05) is 0 Å². The molecule has 0 aliphatic heterocycles. The molecule has 0 aromatic rings. The van der Waals surface area contributed by atoms with Crippen LogP contribution in [0, 0.1) is 0 Å². The third kappa shape index (κ3) is 5.88. The Bertz CT molecular complexity index is 99.5. The van der Waals surface area contributed by atoms with Gasteiger partial charge in [0.1, 0.15) is 0 Å². The zero-order valence-corrected chi connectivity index (χ0v) is 3.59. The zero-order chi connectivity index (χ0) is 5.70. The van der Waals surface area contributed by atoms with Gasteiger partial charge in [-0.15, -0.1) is 0 Å². The molecule has 0 aliphatic carbocycles. The molecule has 4 heteroatoms. The van der Waals surface area contributed by atoms with Gasteiger partial charge in [-0.05, 0) is 0 Å². The molecule has 0 spiro atoms. The quantitative estimate of drug-likeness (QED) is 0.159. The molecule has 0 aliphatic rings. The summed E-state index contributed by atoms with van der Waals surface area (Å²) in [5.74, 6) is -0.727. The van der Waals surface area contributed by atoms with Gasteiger partial charge in [-0.1, -0.05) is 6.58 Å². The first-order valence-corrected chi connectivity index (χ1v) is 1.58. The summed E-state index contributed by atoms with van der Waals surface area (Å²) >= 11 is 0. The van der Waals surface area contributed by atoms with Crippen LogP contribution in [0.4, 0.5) is 0 Å². The number of hydrogen-bond acceptors (Lipinski definition) is 3. The van der Waals surface area contributed by atoms with Gasteiger partial charge in [0.2, 0.25) is 0 Å². The second-order valence-corrected chi connectivity index (χ2v) is 0.737. The first-order chi connectivity index (χ1) is 3.31. The number of ether oxygens (including phenoxy) is 1. The Morgan fingerprint density at radius 3 is 2.25 bits per heavy atom. The maximum absolute atomic E-state index is 9.84. The van der Waals surface area contributed by atoms with E-state index in [0.717, 1.165) is 6.08 Å². The molecule has 3 nitrogen and oxygen atoms in total. The van der Waals surface area contributed by atoms with Gasteiger partial charge in [0.15, 0.2) is 0 Å². The molecule has 0 heterocycles. The Morgan fingerprint density at radius 2 is 2.12 bits per heavy atom. The summed E-state index contributed by atoms with van der Waals surface area (Å²) < 4.78 is 3.75. The van der Waals surface area contributed by atoms with Gasteiger partial charge < -0.3 is 4.74 Å². The monoisotopic (exact) mass is 124 g/mol. The summed E-state index contributed by atoms with van der Waals surface area (Å²) in [4.78, 5) is 19.1. The van der Waals surface area contributed by atoms with Crippen molar-refractivity contribution < 1.29 is 14.3 Å². The molecule has 0 N–H and O–H groups in total. The van der Waals surface area contributed by atoms with Gasteiger partial charge in [-0.3, -0.25) is 4.79 Å². The summed E-state index contributed by atoms with van der Waals surface area (Å²) in [6.45, 7) is 3.11. The van der Waals surface area contributed by atoms with E-state index in [4.69, 9.17) is 0 Å². The third-order valence-corrected chi connectivity index (χ3v) is 0.331. The van der Waals surface area contributed by atoms with Crippen molar-refractivity contribution in [3.63, 3.8) is 0 Å². The molecule has 0 aromatic carbocycles. The Morgan fingerprint density at radius 1 is 1.62 bits per heavy atom. The van der Waals surface area contributed by atoms with Crippen molar-refractivity contribution in [2.24, 2.45) is 0 Å². The predicted octanol–water partition coefficient (Wildman–Crippen LogP) is -0.777. The van der Waals surface area contributed by atoms with Crippen LogP contribution in [0.5, 0.6) is 0 Å². The molecule has 0 saturated carbocycles. The average Bonchev–Trinajstić information content (AvgIpc) is 1.68. The molecule has 0 aromatic heterocycles. The molecule has 8 heavy (non-hydrogen) atoms. The fourth-order valence-electron chi connectivity index (χ4n) is 0.0955. The van der Waals surface area contributed by atoms with Gasteiger partial charge >= 0.3 is 42.0 Å². The number of hydrogen-bond donors (Lipinski definition) is 0. The van der Waals surface area contributed by atoms with Gasteiger partial charge in [-0.2, -0.15) is 0 Å². The van der Waals surface area contributed by atoms with Crippen LogP contribution in [-0.2, 0) is 14.3 Å². The minimum absolute atomic E-state index is 0. The van der Waals surface area contributed by atoms with E-state index in [1.165, 1.54) is 0 Å². The normalized spacial score (nSPS) is 6.00. The number of esters is 1. The van der Waals surface area contributed by atoms with Crippen molar-refractivity contribution in [2.45, 2.75) is 0 Å². The SMILES string of the molecule is C=CC(=O)OC=O.[NaH]. The first-order valence-electron chi connectivity index (χ1n) is 1.58. The number of carbonyl (C=O) groups excluding carboxylic acids is 2. The van der Waals surface area contributed by atoms with E-state index in [2.05, 4.69) is 11.3 Å². The maximum atomic E-state index is 9.84. The van der Waals surface area contributed by atoms with Gasteiger partial charge in [0.05, 0.1) is 0 Å². The van der Waals surface area contributed by atoms with Crippen LogP contribution in [0.25, 0.3) is 0 Å². The summed E-state index contributed by atoms with van der Waals surface area (Å²) in [6.07, 6.45) is 0.911. The van der Waals surface area contributed by atoms with E-state index in [9.17, 15) is 9.59 Å². The zero-order valence-electron chi connectivity index (χ0n) is 3.59. The molecule has 0 saturated heterocycles. The Balaban J connectivity index is 0. The first kappa shape index (κ1) is 10.8. The summed E-state index contributed by atoms with van der Waals surface area (Å²) in [5, 5.41) is 0. The predicted molar refractivity (Wildman–Crippen MR) is 29.5 cm³/mol. The average molecular weight is 124 g/mol. The van der Waals surface area contributed by atoms with Crippen LogP contribution in [0.1, 0.15) is 0 Å². The molecule has 40 valence electrons. The standard InChI is InChI=1S/C4H4O3.Na.H/c1-2-4(6)7-3-5;;/h2-3H,1H2;;. The summed E-state index contributed by atoms with van der Waals surface area (Å²) in [6, 6.07) is 0. The van der Waals surface area contributed by atoms with Crippen LogP contribution >= 0.6 is 0 Å². The molecule has 0 radical (unpaired) electrons. The molecule has 0 bridgehead atoms. The van der Waals surface area contributed by atoms with Crippen LogP contribution in [0.3, 0.4) is 0 Å². The number of carbonyl (C=O) groups is 2. The van der Waals surface area contributed by atoms with Crippen LogP contribution < -0.4 is 0 Å².